The quantitative estimate of drug-likeness (QED) is 0.645. The van der Waals surface area contributed by atoms with Gasteiger partial charge in [0.25, 0.3) is 5.91 Å². The van der Waals surface area contributed by atoms with E-state index in [9.17, 15) is 4.79 Å². The molecule has 0 bridgehead atoms. The Kier molecular flexibility index (Phi) is 7.24. The van der Waals surface area contributed by atoms with E-state index in [2.05, 4.69) is 57.3 Å². The van der Waals surface area contributed by atoms with E-state index in [0.717, 1.165) is 42.8 Å². The highest BCUT2D eigenvalue weighted by Gasteiger charge is 2.23. The molecular weight excluding hydrogens is 398 g/mol. The number of rotatable bonds is 5. The van der Waals surface area contributed by atoms with Crippen molar-refractivity contribution in [2.24, 2.45) is 0 Å². The summed E-state index contributed by atoms with van der Waals surface area (Å²) < 4.78 is 1.91. The van der Waals surface area contributed by atoms with Gasteiger partial charge in [0, 0.05) is 0 Å². The minimum Gasteiger partial charge on any atom is -0.344 e. The lowest BCUT2D eigenvalue weighted by molar-refractivity contribution is 0.0934. The van der Waals surface area contributed by atoms with Crippen molar-refractivity contribution in [3.63, 3.8) is 0 Å². The van der Waals surface area contributed by atoms with E-state index >= 15 is 0 Å². The lowest BCUT2D eigenvalue weighted by atomic mass is 10.0. The summed E-state index contributed by atoms with van der Waals surface area (Å²) in [7, 11) is 0. The Morgan fingerprint density at radius 1 is 1.07 bits per heavy atom. The second-order valence-electron chi connectivity index (χ2n) is 7.63. The van der Waals surface area contributed by atoms with Crippen LogP contribution in [0.5, 0.6) is 0 Å². The largest absolute Gasteiger partial charge is 0.344 e. The highest BCUT2D eigenvalue weighted by Crippen LogP contribution is 2.23. The predicted octanol–water partition coefficient (Wildman–Crippen LogP) is 4.09. The van der Waals surface area contributed by atoms with Crippen molar-refractivity contribution < 1.29 is 4.79 Å². The van der Waals surface area contributed by atoms with E-state index in [4.69, 9.17) is 0 Å². The zero-order valence-corrected chi connectivity index (χ0v) is 18.2. The van der Waals surface area contributed by atoms with Gasteiger partial charge >= 0.3 is 0 Å². The summed E-state index contributed by atoms with van der Waals surface area (Å²) in [5, 5.41) is 14.8. The molecular formula is C23H28ClN5O. The first-order valence-electron chi connectivity index (χ1n) is 10.2. The summed E-state index contributed by atoms with van der Waals surface area (Å²) >= 11 is 0. The molecule has 3 aromatic rings. The van der Waals surface area contributed by atoms with E-state index in [-0.39, 0.29) is 24.4 Å². The van der Waals surface area contributed by atoms with E-state index in [0.29, 0.717) is 11.7 Å². The van der Waals surface area contributed by atoms with E-state index < -0.39 is 0 Å². The van der Waals surface area contributed by atoms with Crippen LogP contribution < -0.4 is 10.6 Å². The molecule has 1 saturated heterocycles. The molecule has 0 spiro atoms. The monoisotopic (exact) mass is 425 g/mol. The number of hydrogen-bond donors (Lipinski definition) is 2. The fourth-order valence-electron chi connectivity index (χ4n) is 3.89. The van der Waals surface area contributed by atoms with Crippen molar-refractivity contribution in [3.05, 3.63) is 71.5 Å². The second-order valence-corrected chi connectivity index (χ2v) is 7.63. The third-order valence-corrected chi connectivity index (χ3v) is 5.66. The van der Waals surface area contributed by atoms with Crippen LogP contribution in [0.1, 0.15) is 53.6 Å². The van der Waals surface area contributed by atoms with Gasteiger partial charge in [-0.3, -0.25) is 4.79 Å². The Labute approximate surface area is 183 Å². The number of benzene rings is 2. The predicted molar refractivity (Wildman–Crippen MR) is 121 cm³/mol. The van der Waals surface area contributed by atoms with Crippen molar-refractivity contribution in [3.8, 4) is 11.1 Å². The summed E-state index contributed by atoms with van der Waals surface area (Å²) in [5.74, 6) is -0.178. The number of piperidine rings is 1. The Hall–Kier alpha value is -2.70. The van der Waals surface area contributed by atoms with Gasteiger partial charge in [-0.25, -0.2) is 4.68 Å². The molecule has 1 aliphatic heterocycles. The van der Waals surface area contributed by atoms with Crippen LogP contribution in [0.2, 0.25) is 0 Å². The first-order chi connectivity index (χ1) is 14.1. The molecule has 1 fully saturated rings. The molecule has 30 heavy (non-hydrogen) atoms. The van der Waals surface area contributed by atoms with Gasteiger partial charge in [-0.2, -0.15) is 0 Å². The maximum Gasteiger partial charge on any atom is 0.274 e. The van der Waals surface area contributed by atoms with Crippen molar-refractivity contribution in [1.29, 1.82) is 0 Å². The Morgan fingerprint density at radius 2 is 1.70 bits per heavy atom. The van der Waals surface area contributed by atoms with Crippen molar-refractivity contribution in [1.82, 2.24) is 25.6 Å². The Morgan fingerprint density at radius 3 is 2.37 bits per heavy atom. The van der Waals surface area contributed by atoms with Crippen molar-refractivity contribution in [2.45, 2.75) is 38.8 Å². The van der Waals surface area contributed by atoms with Gasteiger partial charge in [0.05, 0.1) is 17.8 Å². The first kappa shape index (κ1) is 22.0. The maximum atomic E-state index is 12.8. The van der Waals surface area contributed by atoms with Crippen LogP contribution in [0.15, 0.2) is 54.6 Å². The summed E-state index contributed by atoms with van der Waals surface area (Å²) in [6, 6.07) is 18.8. The molecule has 1 aliphatic rings. The number of hydrogen-bond acceptors (Lipinski definition) is 4. The van der Waals surface area contributed by atoms with Crippen LogP contribution in [0.3, 0.4) is 0 Å². The van der Waals surface area contributed by atoms with Crippen LogP contribution in [-0.2, 0) is 0 Å². The summed E-state index contributed by atoms with van der Waals surface area (Å²) in [4.78, 5) is 12.8. The van der Waals surface area contributed by atoms with Crippen molar-refractivity contribution in [2.75, 3.05) is 13.1 Å². The summed E-state index contributed by atoms with van der Waals surface area (Å²) in [5.41, 5.74) is 4.65. The zero-order valence-electron chi connectivity index (χ0n) is 17.3. The highest BCUT2D eigenvalue weighted by atomic mass is 35.5. The molecule has 158 valence electrons. The van der Waals surface area contributed by atoms with Crippen LogP contribution in [0.4, 0.5) is 0 Å². The topological polar surface area (TPSA) is 71.8 Å². The average Bonchev–Trinajstić information content (AvgIpc) is 3.16. The number of nitrogens with one attached hydrogen (secondary N) is 2. The molecule has 6 nitrogen and oxygen atoms in total. The molecule has 2 N–H and O–H groups in total. The maximum absolute atomic E-state index is 12.8. The van der Waals surface area contributed by atoms with Gasteiger partial charge in [0.2, 0.25) is 0 Å². The van der Waals surface area contributed by atoms with Crippen molar-refractivity contribution >= 4 is 18.3 Å². The lowest BCUT2D eigenvalue weighted by Gasteiger charge is -2.23. The molecule has 0 saturated carbocycles. The van der Waals surface area contributed by atoms with E-state index in [1.165, 1.54) is 5.56 Å². The molecule has 4 rings (SSSR count). The molecule has 1 unspecified atom stereocenters. The molecule has 1 aromatic heterocycles. The van der Waals surface area contributed by atoms with Crippen LogP contribution in [0, 0.1) is 6.92 Å². The number of carbonyl (C=O) groups excluding carboxylic acids is 1. The smallest absolute Gasteiger partial charge is 0.274 e. The number of aromatic nitrogens is 3. The van der Waals surface area contributed by atoms with Gasteiger partial charge in [0.15, 0.2) is 5.69 Å². The minimum absolute atomic E-state index is 0. The number of nitrogens with zero attached hydrogens (tertiary/aromatic N) is 3. The van der Waals surface area contributed by atoms with Crippen LogP contribution in [-0.4, -0.2) is 34.0 Å². The third-order valence-electron chi connectivity index (χ3n) is 5.66. The molecule has 2 heterocycles. The van der Waals surface area contributed by atoms with Crippen LogP contribution >= 0.6 is 12.4 Å². The minimum atomic E-state index is -0.178. The summed E-state index contributed by atoms with van der Waals surface area (Å²) in [6.45, 7) is 5.86. The SMILES string of the molecule is Cc1c(C(=O)NC(C)c2ccc(-c3ccccc3)cc2)nnn1C1CCNCC1.Cl. The van der Waals surface area contributed by atoms with E-state index in [1.807, 2.05) is 36.7 Å². The zero-order chi connectivity index (χ0) is 20.2. The third kappa shape index (κ3) is 4.71. The Balaban J connectivity index is 0.00000256. The van der Waals surface area contributed by atoms with E-state index in [1.54, 1.807) is 0 Å². The van der Waals surface area contributed by atoms with Gasteiger partial charge in [-0.1, -0.05) is 59.8 Å². The Bertz CT molecular complexity index is 965. The van der Waals surface area contributed by atoms with Gasteiger partial charge in [0.1, 0.15) is 0 Å². The number of amides is 1. The highest BCUT2D eigenvalue weighted by molar-refractivity contribution is 5.93. The lowest BCUT2D eigenvalue weighted by Crippen LogP contribution is -2.31. The fraction of sp³-hybridized carbons (Fsp3) is 0.348. The molecule has 0 aliphatic carbocycles. The fourth-order valence-corrected chi connectivity index (χ4v) is 3.89. The van der Waals surface area contributed by atoms with Gasteiger partial charge in [-0.15, -0.1) is 17.5 Å². The van der Waals surface area contributed by atoms with Gasteiger partial charge < -0.3 is 10.6 Å². The number of halogens is 1. The summed E-state index contributed by atoms with van der Waals surface area (Å²) in [6.07, 6.45) is 2.02. The average molecular weight is 426 g/mol. The van der Waals surface area contributed by atoms with Gasteiger partial charge in [-0.05, 0) is 56.5 Å². The first-order valence-corrected chi connectivity index (χ1v) is 10.2. The molecule has 1 amide bonds. The second kappa shape index (κ2) is 9.87. The number of carbonyl (C=O) groups is 1. The van der Waals surface area contributed by atoms with Crippen LogP contribution in [0.25, 0.3) is 11.1 Å². The molecule has 2 aromatic carbocycles. The standard InChI is InChI=1S/C23H27N5O.ClH/c1-16(18-8-10-20(11-9-18)19-6-4-3-5-7-19)25-23(29)22-17(2)28(27-26-22)21-12-14-24-15-13-21;/h3-11,16,21,24H,12-15H2,1-2H3,(H,25,29);1H. The molecule has 7 heteroatoms. The molecule has 1 atom stereocenters. The molecule has 0 radical (unpaired) electrons. The normalized spacial score (nSPS) is 15.3.